The predicted octanol–water partition coefficient (Wildman–Crippen LogP) is 3.62. The lowest BCUT2D eigenvalue weighted by Crippen LogP contribution is -2.37. The number of amides is 1. The van der Waals surface area contributed by atoms with Gasteiger partial charge in [-0.2, -0.15) is 0 Å². The first-order valence-corrected chi connectivity index (χ1v) is 9.72. The molecule has 0 bridgehead atoms. The van der Waals surface area contributed by atoms with Gasteiger partial charge in [-0.25, -0.2) is 4.98 Å². The van der Waals surface area contributed by atoms with Gasteiger partial charge in [-0.1, -0.05) is 38.9 Å². The maximum absolute atomic E-state index is 11.6. The van der Waals surface area contributed by atoms with E-state index in [1.54, 1.807) is 24.9 Å². The van der Waals surface area contributed by atoms with Crippen molar-refractivity contribution in [2.24, 2.45) is 11.3 Å². The molecule has 1 aromatic heterocycles. The van der Waals surface area contributed by atoms with E-state index in [2.05, 4.69) is 23.8 Å². The summed E-state index contributed by atoms with van der Waals surface area (Å²) in [6.07, 6.45) is 10.5. The highest BCUT2D eigenvalue weighted by Gasteiger charge is 2.37. The number of unbranched alkanes of at least 4 members (excludes halogenated alkanes) is 1. The highest BCUT2D eigenvalue weighted by Crippen LogP contribution is 2.49. The van der Waals surface area contributed by atoms with E-state index < -0.39 is 5.60 Å². The van der Waals surface area contributed by atoms with Crippen molar-refractivity contribution in [2.75, 3.05) is 11.4 Å². The Hall–Kier alpha value is -1.43. The quantitative estimate of drug-likeness (QED) is 0.570. The molecule has 6 heteroatoms. The molecule has 1 aliphatic carbocycles. The average Bonchev–Trinajstić information content (AvgIpc) is 2.60. The van der Waals surface area contributed by atoms with Gasteiger partial charge in [0.1, 0.15) is 5.60 Å². The fraction of sp³-hybridized carbons (Fsp3) is 0.750. The Bertz CT molecular complexity index is 588. The van der Waals surface area contributed by atoms with Gasteiger partial charge in [-0.15, -0.1) is 0 Å². The summed E-state index contributed by atoms with van der Waals surface area (Å²) in [6, 6.07) is 0. The third-order valence-corrected chi connectivity index (χ3v) is 5.78. The summed E-state index contributed by atoms with van der Waals surface area (Å²) in [5, 5.41) is 9.99. The molecule has 0 aliphatic heterocycles. The zero-order valence-corrected chi connectivity index (χ0v) is 16.6. The van der Waals surface area contributed by atoms with E-state index in [1.165, 1.54) is 19.0 Å². The normalized spacial score (nSPS) is 26.5. The number of hydrogen-bond donors (Lipinski definition) is 1. The smallest absolute Gasteiger partial charge is 0.215 e. The van der Waals surface area contributed by atoms with Gasteiger partial charge in [0.25, 0.3) is 0 Å². The van der Waals surface area contributed by atoms with Crippen molar-refractivity contribution in [2.45, 2.75) is 77.6 Å². The number of anilines is 1. The second kappa shape index (κ2) is 8.51. The molecular formula is C20H32BN3O2. The maximum Gasteiger partial charge on any atom is 0.215 e. The number of carbonyl (C=O) groups excluding carboxylic acids is 1. The highest BCUT2D eigenvalue weighted by atomic mass is 16.3. The summed E-state index contributed by atoms with van der Waals surface area (Å²) in [4.78, 5) is 21.9. The molecule has 1 N–H and O–H groups in total. The van der Waals surface area contributed by atoms with Crippen molar-refractivity contribution in [3.8, 4) is 0 Å². The number of hydrogen-bond acceptors (Lipinski definition) is 4. The van der Waals surface area contributed by atoms with Crippen LogP contribution in [-0.2, 0) is 10.4 Å². The molecule has 0 saturated heterocycles. The van der Waals surface area contributed by atoms with Gasteiger partial charge in [0.2, 0.25) is 6.41 Å². The van der Waals surface area contributed by atoms with E-state index in [-0.39, 0.29) is 11.2 Å². The molecule has 1 fully saturated rings. The van der Waals surface area contributed by atoms with Crippen LogP contribution in [0.15, 0.2) is 12.4 Å². The number of rotatable bonds is 8. The molecule has 26 heavy (non-hydrogen) atoms. The molecule has 1 aliphatic rings. The summed E-state index contributed by atoms with van der Waals surface area (Å²) >= 11 is 0. The van der Waals surface area contributed by atoms with Crippen LogP contribution in [0.5, 0.6) is 0 Å². The van der Waals surface area contributed by atoms with Gasteiger partial charge in [-0.05, 0) is 44.4 Å². The monoisotopic (exact) mass is 357 g/mol. The molecule has 142 valence electrons. The molecule has 2 unspecified atom stereocenters. The minimum Gasteiger partial charge on any atom is -0.384 e. The Morgan fingerprint density at radius 1 is 1.38 bits per heavy atom. The van der Waals surface area contributed by atoms with Gasteiger partial charge < -0.3 is 5.11 Å². The van der Waals surface area contributed by atoms with E-state index in [1.807, 2.05) is 0 Å². The lowest BCUT2D eigenvalue weighted by atomic mass is 9.55. The maximum atomic E-state index is 11.6. The molecule has 2 rings (SSSR count). The van der Waals surface area contributed by atoms with Crippen LogP contribution in [0.25, 0.3) is 0 Å². The van der Waals surface area contributed by atoms with Gasteiger partial charge in [0.05, 0.1) is 25.9 Å². The van der Waals surface area contributed by atoms with Gasteiger partial charge in [0.15, 0.2) is 5.82 Å². The Morgan fingerprint density at radius 2 is 2.12 bits per heavy atom. The molecule has 0 aromatic carbocycles. The van der Waals surface area contributed by atoms with Crippen molar-refractivity contribution in [1.82, 2.24) is 9.97 Å². The lowest BCUT2D eigenvalue weighted by molar-refractivity contribution is -0.107. The third kappa shape index (κ3) is 5.06. The van der Waals surface area contributed by atoms with E-state index >= 15 is 0 Å². The Balaban J connectivity index is 2.06. The first-order valence-electron chi connectivity index (χ1n) is 9.72. The van der Waals surface area contributed by atoms with Crippen molar-refractivity contribution in [3.63, 3.8) is 0 Å². The second-order valence-corrected chi connectivity index (χ2v) is 8.59. The van der Waals surface area contributed by atoms with Crippen LogP contribution in [0.2, 0.25) is 5.82 Å². The van der Waals surface area contributed by atoms with Crippen LogP contribution in [0.4, 0.5) is 5.82 Å². The first-order chi connectivity index (χ1) is 12.2. The Morgan fingerprint density at radius 3 is 2.65 bits per heavy atom. The Labute approximate surface area is 159 Å². The number of nitrogens with zero attached hydrogens (tertiary/aromatic N) is 3. The average molecular weight is 357 g/mol. The predicted molar refractivity (Wildman–Crippen MR) is 105 cm³/mol. The molecule has 1 saturated carbocycles. The van der Waals surface area contributed by atoms with Crippen LogP contribution in [-0.4, -0.2) is 35.9 Å². The summed E-state index contributed by atoms with van der Waals surface area (Å²) in [7, 11) is 6.42. The third-order valence-electron chi connectivity index (χ3n) is 5.78. The number of carbonyl (C=O) groups is 1. The summed E-state index contributed by atoms with van der Waals surface area (Å²) in [6.45, 7) is 8.46. The minimum atomic E-state index is -1.04. The van der Waals surface area contributed by atoms with Gasteiger partial charge in [-0.3, -0.25) is 14.7 Å². The fourth-order valence-electron chi connectivity index (χ4n) is 3.95. The van der Waals surface area contributed by atoms with Crippen molar-refractivity contribution in [3.05, 3.63) is 18.1 Å². The summed E-state index contributed by atoms with van der Waals surface area (Å²) in [5.74, 6) is 1.18. The summed E-state index contributed by atoms with van der Waals surface area (Å²) < 4.78 is 0. The van der Waals surface area contributed by atoms with E-state index in [0.717, 1.165) is 32.1 Å². The largest absolute Gasteiger partial charge is 0.384 e. The second-order valence-electron chi connectivity index (χ2n) is 8.59. The zero-order valence-electron chi connectivity index (χ0n) is 16.6. The van der Waals surface area contributed by atoms with Crippen LogP contribution in [0.3, 0.4) is 0 Å². The molecule has 2 radical (unpaired) electrons. The molecule has 3 atom stereocenters. The van der Waals surface area contributed by atoms with Crippen LogP contribution < -0.4 is 4.90 Å². The summed E-state index contributed by atoms with van der Waals surface area (Å²) in [5.41, 5.74) is -0.412. The molecule has 1 heterocycles. The fourth-order valence-corrected chi connectivity index (χ4v) is 3.95. The van der Waals surface area contributed by atoms with Gasteiger partial charge in [0, 0.05) is 6.54 Å². The van der Waals surface area contributed by atoms with E-state index in [9.17, 15) is 9.90 Å². The van der Waals surface area contributed by atoms with Crippen molar-refractivity contribution in [1.29, 1.82) is 0 Å². The minimum absolute atomic E-state index is 0.143. The topological polar surface area (TPSA) is 66.3 Å². The first kappa shape index (κ1) is 20.9. The SMILES string of the molecule is [B]C1CCC(CN(C=O)c2cnc(C(C)(C)O)cn2)C[C@@]1(C)CCCC. The molecule has 1 amide bonds. The van der Waals surface area contributed by atoms with Crippen LogP contribution in [0, 0.1) is 11.3 Å². The molecule has 0 spiro atoms. The van der Waals surface area contributed by atoms with Crippen molar-refractivity contribution >= 4 is 20.1 Å². The molecule has 5 nitrogen and oxygen atoms in total. The van der Waals surface area contributed by atoms with Crippen LogP contribution >= 0.6 is 0 Å². The lowest BCUT2D eigenvalue weighted by Gasteiger charge is -2.45. The highest BCUT2D eigenvalue weighted by molar-refractivity contribution is 6.12. The van der Waals surface area contributed by atoms with E-state index in [4.69, 9.17) is 7.85 Å². The standard InChI is InChI=1S/C20H32BN3O2/c1-5-6-9-20(4)10-15(7-8-16(20)21)13-24(14-25)18-12-22-17(11-23-18)19(2,3)26/h11-12,14-16,26H,5-10,13H2,1-4H3/t15?,16?,20-/m1/s1. The molecular weight excluding hydrogens is 325 g/mol. The van der Waals surface area contributed by atoms with Crippen LogP contribution in [0.1, 0.15) is 71.9 Å². The number of aliphatic hydroxyl groups is 1. The molecule has 1 aromatic rings. The zero-order chi connectivity index (χ0) is 19.4. The Kier molecular flexibility index (Phi) is 6.83. The van der Waals surface area contributed by atoms with Crippen molar-refractivity contribution < 1.29 is 9.90 Å². The van der Waals surface area contributed by atoms with E-state index in [0.29, 0.717) is 24.0 Å². The number of aromatic nitrogens is 2. The van der Waals surface area contributed by atoms with Gasteiger partial charge >= 0.3 is 0 Å².